The fraction of sp³-hybridized carbons (Fsp3) is 0.0714. The van der Waals surface area contributed by atoms with Gasteiger partial charge in [-0.1, -0.05) is 30.3 Å². The molecular formula is C14H14N2O4S. The number of hydrogen-bond donors (Lipinski definition) is 2. The molecule has 0 saturated heterocycles. The van der Waals surface area contributed by atoms with Crippen LogP contribution in [0.25, 0.3) is 11.1 Å². The van der Waals surface area contributed by atoms with Crippen LogP contribution >= 0.6 is 0 Å². The third-order valence-corrected chi connectivity index (χ3v) is 3.86. The number of esters is 1. The van der Waals surface area contributed by atoms with E-state index in [0.717, 1.165) is 0 Å². The summed E-state index contributed by atoms with van der Waals surface area (Å²) in [7, 11) is -2.86. The summed E-state index contributed by atoms with van der Waals surface area (Å²) in [6.07, 6.45) is 0. The molecule has 0 aliphatic rings. The first-order valence-corrected chi connectivity index (χ1v) is 7.49. The van der Waals surface area contributed by atoms with Gasteiger partial charge >= 0.3 is 5.97 Å². The quantitative estimate of drug-likeness (QED) is 0.657. The van der Waals surface area contributed by atoms with Crippen LogP contribution in [-0.4, -0.2) is 21.5 Å². The minimum atomic E-state index is -4.06. The number of nitrogens with two attached hydrogens (primary N) is 2. The highest BCUT2D eigenvalue weighted by Crippen LogP contribution is 2.33. The smallest absolute Gasteiger partial charge is 0.337 e. The zero-order valence-electron chi connectivity index (χ0n) is 11.2. The van der Waals surface area contributed by atoms with Gasteiger partial charge in [-0.3, -0.25) is 0 Å². The maximum atomic E-state index is 11.8. The lowest BCUT2D eigenvalue weighted by atomic mass is 10.0. The standard InChI is InChI=1S/C14H14N2O4S/c1-20-14(17)10-7-11(15)13(9-5-3-2-4-6-9)12(8-10)21(16,18)19/h2-8H,15H2,1H3,(H2,16,18,19). The van der Waals surface area contributed by atoms with Gasteiger partial charge in [-0.05, 0) is 17.7 Å². The number of hydrogen-bond acceptors (Lipinski definition) is 5. The van der Waals surface area contributed by atoms with Crippen molar-refractivity contribution in [2.24, 2.45) is 5.14 Å². The van der Waals surface area contributed by atoms with E-state index < -0.39 is 16.0 Å². The minimum absolute atomic E-state index is 0.0266. The van der Waals surface area contributed by atoms with Crippen LogP contribution < -0.4 is 10.9 Å². The van der Waals surface area contributed by atoms with Crippen molar-refractivity contribution in [1.82, 2.24) is 0 Å². The number of carbonyl (C=O) groups excluding carboxylic acids is 1. The van der Waals surface area contributed by atoms with Gasteiger partial charge in [0, 0.05) is 11.3 Å². The molecule has 0 aromatic heterocycles. The first-order valence-electron chi connectivity index (χ1n) is 5.94. The Morgan fingerprint density at radius 2 is 1.76 bits per heavy atom. The van der Waals surface area contributed by atoms with E-state index in [1.807, 2.05) is 0 Å². The zero-order valence-corrected chi connectivity index (χ0v) is 12.1. The van der Waals surface area contributed by atoms with Crippen LogP contribution in [0.4, 0.5) is 5.69 Å². The van der Waals surface area contributed by atoms with Gasteiger partial charge in [-0.2, -0.15) is 0 Å². The average molecular weight is 306 g/mol. The minimum Gasteiger partial charge on any atom is -0.465 e. The van der Waals surface area contributed by atoms with Crippen LogP contribution in [0.5, 0.6) is 0 Å². The third-order valence-electron chi connectivity index (χ3n) is 2.92. The maximum absolute atomic E-state index is 11.8. The second kappa shape index (κ2) is 5.55. The van der Waals surface area contributed by atoms with E-state index in [1.165, 1.54) is 19.2 Å². The topological polar surface area (TPSA) is 112 Å². The van der Waals surface area contributed by atoms with E-state index in [2.05, 4.69) is 4.74 Å². The SMILES string of the molecule is COC(=O)c1cc(N)c(-c2ccccc2)c(S(N)(=O)=O)c1. The first-order chi connectivity index (χ1) is 9.84. The molecule has 0 aliphatic carbocycles. The molecule has 2 aromatic rings. The normalized spacial score (nSPS) is 11.1. The molecule has 0 fully saturated rings. The van der Waals surface area contributed by atoms with E-state index in [-0.39, 0.29) is 21.7 Å². The summed E-state index contributed by atoms with van der Waals surface area (Å²) in [5, 5.41) is 5.24. The van der Waals surface area contributed by atoms with Crippen molar-refractivity contribution in [1.29, 1.82) is 0 Å². The summed E-state index contributed by atoms with van der Waals surface area (Å²) in [5.41, 5.74) is 6.94. The molecule has 0 bridgehead atoms. The van der Waals surface area contributed by atoms with Gasteiger partial charge < -0.3 is 10.5 Å². The number of benzene rings is 2. The van der Waals surface area contributed by atoms with Crippen LogP contribution in [0.1, 0.15) is 10.4 Å². The third kappa shape index (κ3) is 3.04. The Kier molecular flexibility index (Phi) is 3.97. The predicted molar refractivity (Wildman–Crippen MR) is 79.0 cm³/mol. The highest BCUT2D eigenvalue weighted by atomic mass is 32.2. The van der Waals surface area contributed by atoms with Crippen molar-refractivity contribution in [3.05, 3.63) is 48.0 Å². The van der Waals surface area contributed by atoms with E-state index in [1.54, 1.807) is 30.3 Å². The summed E-state index contributed by atoms with van der Waals surface area (Å²) < 4.78 is 28.2. The Hall–Kier alpha value is -2.38. The molecule has 0 amide bonds. The molecule has 0 saturated carbocycles. The van der Waals surface area contributed by atoms with Gasteiger partial charge in [-0.15, -0.1) is 0 Å². The van der Waals surface area contributed by atoms with Crippen LogP contribution in [-0.2, 0) is 14.8 Å². The highest BCUT2D eigenvalue weighted by molar-refractivity contribution is 7.89. The summed E-state index contributed by atoms with van der Waals surface area (Å²) >= 11 is 0. The van der Waals surface area contributed by atoms with Gasteiger partial charge in [0.05, 0.1) is 17.6 Å². The van der Waals surface area contributed by atoms with Crippen molar-refractivity contribution < 1.29 is 17.9 Å². The van der Waals surface area contributed by atoms with Crippen LogP contribution in [0.15, 0.2) is 47.4 Å². The summed E-state index contributed by atoms with van der Waals surface area (Å²) in [5.74, 6) is -0.689. The van der Waals surface area contributed by atoms with Gasteiger partial charge in [0.25, 0.3) is 0 Å². The van der Waals surface area contributed by atoms with Gasteiger partial charge in [-0.25, -0.2) is 18.4 Å². The van der Waals surface area contributed by atoms with Crippen LogP contribution in [0, 0.1) is 0 Å². The molecular weight excluding hydrogens is 292 g/mol. The molecule has 110 valence electrons. The molecule has 2 aromatic carbocycles. The number of primary sulfonamides is 1. The van der Waals surface area contributed by atoms with Gasteiger partial charge in [0.2, 0.25) is 10.0 Å². The number of ether oxygens (including phenoxy) is 1. The van der Waals surface area contributed by atoms with Crippen molar-refractivity contribution in [2.45, 2.75) is 4.90 Å². The molecule has 0 heterocycles. The molecule has 0 spiro atoms. The number of nitrogen functional groups attached to an aromatic ring is 1. The van der Waals surface area contributed by atoms with E-state index >= 15 is 0 Å². The second-order valence-electron chi connectivity index (χ2n) is 4.34. The predicted octanol–water partition coefficient (Wildman–Crippen LogP) is 1.37. The molecule has 0 atom stereocenters. The van der Waals surface area contributed by atoms with Crippen molar-refractivity contribution in [3.63, 3.8) is 0 Å². The summed E-state index contributed by atoms with van der Waals surface area (Å²) in [6, 6.07) is 11.2. The molecule has 21 heavy (non-hydrogen) atoms. The average Bonchev–Trinajstić information content (AvgIpc) is 2.45. The lowest BCUT2D eigenvalue weighted by Crippen LogP contribution is -2.16. The number of rotatable bonds is 3. The van der Waals surface area contributed by atoms with E-state index in [0.29, 0.717) is 5.56 Å². The molecule has 7 heteroatoms. The Bertz CT molecular complexity index is 786. The molecule has 0 radical (unpaired) electrons. The maximum Gasteiger partial charge on any atom is 0.337 e. The number of methoxy groups -OCH3 is 1. The van der Waals surface area contributed by atoms with Gasteiger partial charge in [0.1, 0.15) is 0 Å². The fourth-order valence-corrected chi connectivity index (χ4v) is 2.82. The lowest BCUT2D eigenvalue weighted by Gasteiger charge is -2.13. The van der Waals surface area contributed by atoms with E-state index in [4.69, 9.17) is 10.9 Å². The summed E-state index contributed by atoms with van der Waals surface area (Å²) in [6.45, 7) is 0. The van der Waals surface area contributed by atoms with Crippen molar-refractivity contribution in [3.8, 4) is 11.1 Å². The molecule has 2 rings (SSSR count). The van der Waals surface area contributed by atoms with Crippen LogP contribution in [0.3, 0.4) is 0 Å². The molecule has 0 unspecified atom stereocenters. The highest BCUT2D eigenvalue weighted by Gasteiger charge is 2.21. The summed E-state index contributed by atoms with van der Waals surface area (Å²) in [4.78, 5) is 11.4. The Morgan fingerprint density at radius 1 is 1.14 bits per heavy atom. The number of sulfonamides is 1. The molecule has 0 aliphatic heterocycles. The van der Waals surface area contributed by atoms with Crippen LogP contribution in [0.2, 0.25) is 0 Å². The largest absolute Gasteiger partial charge is 0.465 e. The Balaban J connectivity index is 2.79. The monoisotopic (exact) mass is 306 g/mol. The zero-order chi connectivity index (χ0) is 15.6. The first kappa shape index (κ1) is 15.0. The molecule has 6 nitrogen and oxygen atoms in total. The van der Waals surface area contributed by atoms with Gasteiger partial charge in [0.15, 0.2) is 0 Å². The van der Waals surface area contributed by atoms with E-state index in [9.17, 15) is 13.2 Å². The Labute approximate surface area is 122 Å². The number of carbonyl (C=O) groups is 1. The van der Waals surface area contributed by atoms with Crippen molar-refractivity contribution >= 4 is 21.7 Å². The lowest BCUT2D eigenvalue weighted by molar-refractivity contribution is 0.0600. The fourth-order valence-electron chi connectivity index (χ4n) is 2.01. The van der Waals surface area contributed by atoms with Crippen molar-refractivity contribution in [2.75, 3.05) is 12.8 Å². The number of anilines is 1. The molecule has 4 N–H and O–H groups in total. The Morgan fingerprint density at radius 3 is 2.29 bits per heavy atom. The second-order valence-corrected chi connectivity index (χ2v) is 5.87.